The molecule has 21 heavy (non-hydrogen) atoms. The lowest BCUT2D eigenvalue weighted by molar-refractivity contribution is -0.144. The van der Waals surface area contributed by atoms with E-state index in [0.717, 1.165) is 30.4 Å². The number of carbonyl (C=O) groups is 1. The molecule has 5 nitrogen and oxygen atoms in total. The minimum atomic E-state index is -0.786. The van der Waals surface area contributed by atoms with Crippen molar-refractivity contribution in [3.05, 3.63) is 30.6 Å². The van der Waals surface area contributed by atoms with Gasteiger partial charge in [-0.1, -0.05) is 19.1 Å². The minimum absolute atomic E-state index is 0.192. The Balaban J connectivity index is 1.87. The van der Waals surface area contributed by atoms with Crippen molar-refractivity contribution in [1.82, 2.24) is 14.9 Å². The molecule has 1 saturated carbocycles. The van der Waals surface area contributed by atoms with Crippen molar-refractivity contribution in [3.63, 3.8) is 0 Å². The third kappa shape index (κ3) is 2.42. The van der Waals surface area contributed by atoms with Gasteiger partial charge in [0.25, 0.3) is 0 Å². The maximum absolute atomic E-state index is 11.7. The Morgan fingerprint density at radius 3 is 3.10 bits per heavy atom. The molecule has 2 atom stereocenters. The van der Waals surface area contributed by atoms with Gasteiger partial charge >= 0.3 is 5.97 Å². The summed E-state index contributed by atoms with van der Waals surface area (Å²) in [6.45, 7) is 2.79. The first-order valence-electron chi connectivity index (χ1n) is 7.56. The van der Waals surface area contributed by atoms with Crippen LogP contribution in [0.2, 0.25) is 0 Å². The standard InChI is InChI=1S/C16H21N3O2/c1-2-9-18-16(15(20)21)8-7-12(10-16)19-11-17-13-5-3-4-6-14(13)19/h3-6,11-12,18H,2,7-10H2,1H3,(H,20,21). The first-order valence-corrected chi connectivity index (χ1v) is 7.56. The fourth-order valence-corrected chi connectivity index (χ4v) is 3.32. The molecule has 1 aromatic heterocycles. The highest BCUT2D eigenvalue weighted by Crippen LogP contribution is 2.39. The second-order valence-corrected chi connectivity index (χ2v) is 5.85. The number of hydrogen-bond acceptors (Lipinski definition) is 3. The van der Waals surface area contributed by atoms with Crippen molar-refractivity contribution in [2.75, 3.05) is 6.54 Å². The van der Waals surface area contributed by atoms with Crippen LogP contribution in [0.5, 0.6) is 0 Å². The highest BCUT2D eigenvalue weighted by molar-refractivity contribution is 5.80. The van der Waals surface area contributed by atoms with Gasteiger partial charge in [0.1, 0.15) is 5.54 Å². The van der Waals surface area contributed by atoms with E-state index in [0.29, 0.717) is 12.8 Å². The quantitative estimate of drug-likeness (QED) is 0.887. The summed E-state index contributed by atoms with van der Waals surface area (Å²) in [7, 11) is 0. The van der Waals surface area contributed by atoms with Crippen LogP contribution in [0.25, 0.3) is 11.0 Å². The summed E-state index contributed by atoms with van der Waals surface area (Å²) >= 11 is 0. The minimum Gasteiger partial charge on any atom is -0.480 e. The molecule has 0 aliphatic heterocycles. The van der Waals surface area contributed by atoms with E-state index >= 15 is 0 Å². The van der Waals surface area contributed by atoms with Gasteiger partial charge in [0, 0.05) is 6.04 Å². The van der Waals surface area contributed by atoms with E-state index in [1.54, 1.807) is 0 Å². The monoisotopic (exact) mass is 287 g/mol. The predicted octanol–water partition coefficient (Wildman–Crippen LogP) is 2.58. The van der Waals surface area contributed by atoms with Gasteiger partial charge in [-0.2, -0.15) is 0 Å². The van der Waals surface area contributed by atoms with Crippen LogP contribution in [0.4, 0.5) is 0 Å². The normalized spacial score (nSPS) is 25.5. The van der Waals surface area contributed by atoms with Crippen LogP contribution >= 0.6 is 0 Å². The molecule has 0 saturated heterocycles. The molecule has 2 unspecified atom stereocenters. The number of fused-ring (bicyclic) bond motifs is 1. The molecule has 0 radical (unpaired) electrons. The fraction of sp³-hybridized carbons (Fsp3) is 0.500. The van der Waals surface area contributed by atoms with Crippen molar-refractivity contribution in [2.24, 2.45) is 0 Å². The molecule has 3 rings (SSSR count). The van der Waals surface area contributed by atoms with E-state index in [4.69, 9.17) is 0 Å². The summed E-state index contributed by atoms with van der Waals surface area (Å²) in [4.78, 5) is 16.1. The van der Waals surface area contributed by atoms with Gasteiger partial charge in [-0.05, 0) is 44.4 Å². The number of aliphatic carboxylic acids is 1. The number of nitrogens with one attached hydrogen (secondary N) is 1. The molecule has 1 fully saturated rings. The topological polar surface area (TPSA) is 67.2 Å². The third-order valence-corrected chi connectivity index (χ3v) is 4.49. The largest absolute Gasteiger partial charge is 0.480 e. The number of carboxylic acids is 1. The van der Waals surface area contributed by atoms with E-state index in [1.165, 1.54) is 0 Å². The summed E-state index contributed by atoms with van der Waals surface area (Å²) in [5, 5.41) is 12.9. The van der Waals surface area contributed by atoms with E-state index in [-0.39, 0.29) is 6.04 Å². The number of hydrogen-bond donors (Lipinski definition) is 2. The van der Waals surface area contributed by atoms with Crippen molar-refractivity contribution in [2.45, 2.75) is 44.2 Å². The van der Waals surface area contributed by atoms with E-state index in [9.17, 15) is 9.90 Å². The van der Waals surface area contributed by atoms with Crippen LogP contribution < -0.4 is 5.32 Å². The summed E-state index contributed by atoms with van der Waals surface area (Å²) in [6.07, 6.45) is 4.92. The van der Waals surface area contributed by atoms with Gasteiger partial charge in [-0.3, -0.25) is 4.79 Å². The fourth-order valence-electron chi connectivity index (χ4n) is 3.32. The Bertz CT molecular complexity index is 652. The third-order valence-electron chi connectivity index (χ3n) is 4.49. The summed E-state index contributed by atoms with van der Waals surface area (Å²) < 4.78 is 2.13. The van der Waals surface area contributed by atoms with Crippen molar-refractivity contribution in [1.29, 1.82) is 0 Å². The summed E-state index contributed by atoms with van der Waals surface area (Å²) in [5.41, 5.74) is 1.26. The zero-order valence-corrected chi connectivity index (χ0v) is 12.2. The van der Waals surface area contributed by atoms with Crippen LogP contribution in [0.15, 0.2) is 30.6 Å². The molecule has 5 heteroatoms. The lowest BCUT2D eigenvalue weighted by atomic mass is 9.97. The average Bonchev–Trinajstić information content (AvgIpc) is 3.10. The molecule has 0 spiro atoms. The van der Waals surface area contributed by atoms with Crippen LogP contribution in [-0.4, -0.2) is 32.7 Å². The molecule has 2 N–H and O–H groups in total. The zero-order valence-electron chi connectivity index (χ0n) is 12.2. The zero-order chi connectivity index (χ0) is 14.9. The van der Waals surface area contributed by atoms with Gasteiger partial charge in [0.05, 0.1) is 17.4 Å². The van der Waals surface area contributed by atoms with Crippen molar-refractivity contribution in [3.8, 4) is 0 Å². The van der Waals surface area contributed by atoms with Crippen LogP contribution in [0, 0.1) is 0 Å². The Morgan fingerprint density at radius 2 is 2.33 bits per heavy atom. The van der Waals surface area contributed by atoms with E-state index < -0.39 is 11.5 Å². The molecule has 112 valence electrons. The number of imidazole rings is 1. The van der Waals surface area contributed by atoms with Gasteiger partial charge in [0.2, 0.25) is 0 Å². The van der Waals surface area contributed by atoms with Crippen molar-refractivity contribution < 1.29 is 9.90 Å². The number of rotatable bonds is 5. The highest BCUT2D eigenvalue weighted by Gasteiger charge is 2.45. The van der Waals surface area contributed by atoms with Crippen molar-refractivity contribution >= 4 is 17.0 Å². The van der Waals surface area contributed by atoms with Gasteiger partial charge in [0.15, 0.2) is 0 Å². The van der Waals surface area contributed by atoms with Crippen LogP contribution in [-0.2, 0) is 4.79 Å². The number of aromatic nitrogens is 2. The molecule has 1 aliphatic carbocycles. The molecule has 1 aromatic carbocycles. The Morgan fingerprint density at radius 1 is 1.52 bits per heavy atom. The molecule has 1 aliphatic rings. The first kappa shape index (κ1) is 14.1. The smallest absolute Gasteiger partial charge is 0.323 e. The Kier molecular flexibility index (Phi) is 3.68. The maximum Gasteiger partial charge on any atom is 0.323 e. The first-order chi connectivity index (χ1) is 10.2. The summed E-state index contributed by atoms with van der Waals surface area (Å²) in [6, 6.07) is 8.19. The second-order valence-electron chi connectivity index (χ2n) is 5.85. The molecule has 0 bridgehead atoms. The molecule has 1 heterocycles. The molecule has 0 amide bonds. The van der Waals surface area contributed by atoms with E-state index in [1.807, 2.05) is 30.6 Å². The lowest BCUT2D eigenvalue weighted by Gasteiger charge is -2.26. The molecule has 2 aromatic rings. The number of nitrogens with zero attached hydrogens (tertiary/aromatic N) is 2. The number of benzene rings is 1. The molecular formula is C16H21N3O2. The van der Waals surface area contributed by atoms with E-state index in [2.05, 4.69) is 21.8 Å². The predicted molar refractivity (Wildman–Crippen MR) is 81.3 cm³/mol. The second kappa shape index (κ2) is 5.48. The average molecular weight is 287 g/mol. The highest BCUT2D eigenvalue weighted by atomic mass is 16.4. The summed E-state index contributed by atoms with van der Waals surface area (Å²) in [5.74, 6) is -0.733. The maximum atomic E-state index is 11.7. The van der Waals surface area contributed by atoms with Gasteiger partial charge in [-0.15, -0.1) is 0 Å². The Labute approximate surface area is 124 Å². The van der Waals surface area contributed by atoms with Gasteiger partial charge < -0.3 is 15.0 Å². The SMILES string of the molecule is CCCNC1(C(=O)O)CCC(n2cnc3ccccc32)C1. The van der Waals surface area contributed by atoms with Crippen LogP contribution in [0.3, 0.4) is 0 Å². The Hall–Kier alpha value is -1.88. The van der Waals surface area contributed by atoms with Gasteiger partial charge in [-0.25, -0.2) is 4.98 Å². The molecular weight excluding hydrogens is 266 g/mol. The lowest BCUT2D eigenvalue weighted by Crippen LogP contribution is -2.50. The van der Waals surface area contributed by atoms with Crippen LogP contribution in [0.1, 0.15) is 38.6 Å². The number of para-hydroxylation sites is 2. The number of carboxylic acid groups (broad SMARTS) is 1.